The van der Waals surface area contributed by atoms with Crippen LogP contribution in [0.25, 0.3) is 0 Å². The topological polar surface area (TPSA) is 47.6 Å². The molecule has 2 saturated heterocycles. The maximum absolute atomic E-state index is 13.5. The van der Waals surface area contributed by atoms with Gasteiger partial charge in [-0.3, -0.25) is 15.1 Å². The van der Waals surface area contributed by atoms with Gasteiger partial charge in [0.15, 0.2) is 0 Å². The molecule has 0 aromatic carbocycles. The summed E-state index contributed by atoms with van der Waals surface area (Å²) >= 11 is 0. The fraction of sp³-hybridized carbons (Fsp3) is 0.944. The lowest BCUT2D eigenvalue weighted by Gasteiger charge is -2.44. The Kier molecular flexibility index (Phi) is 6.11. The van der Waals surface area contributed by atoms with E-state index in [2.05, 4.69) is 34.5 Å². The van der Waals surface area contributed by atoms with E-state index >= 15 is 0 Å². The second-order valence-corrected chi connectivity index (χ2v) is 7.97. The van der Waals surface area contributed by atoms with Crippen molar-refractivity contribution < 1.29 is 9.18 Å². The number of carbonyl (C=O) groups excluding carboxylic acids is 1. The third-order valence-corrected chi connectivity index (χ3v) is 6.39. The van der Waals surface area contributed by atoms with Crippen molar-refractivity contribution in [3.05, 3.63) is 0 Å². The summed E-state index contributed by atoms with van der Waals surface area (Å²) in [6, 6.07) is 0.0132. The van der Waals surface area contributed by atoms with E-state index in [0.717, 1.165) is 65.0 Å². The summed E-state index contributed by atoms with van der Waals surface area (Å²) in [5, 5.41) is 0. The molecule has 1 aliphatic carbocycles. The fourth-order valence-corrected chi connectivity index (χ4v) is 4.72. The molecule has 24 heavy (non-hydrogen) atoms. The highest BCUT2D eigenvalue weighted by Crippen LogP contribution is 2.32. The maximum atomic E-state index is 13.5. The van der Waals surface area contributed by atoms with Gasteiger partial charge in [-0.1, -0.05) is 20.3 Å². The van der Waals surface area contributed by atoms with Crippen molar-refractivity contribution in [3.63, 3.8) is 0 Å². The summed E-state index contributed by atoms with van der Waals surface area (Å²) in [6.45, 7) is 10.3. The zero-order chi connectivity index (χ0) is 17.1. The number of hydrogen-bond acceptors (Lipinski definition) is 4. The molecule has 6 heteroatoms. The first-order valence-corrected chi connectivity index (χ1v) is 9.71. The van der Waals surface area contributed by atoms with E-state index in [1.807, 2.05) is 0 Å². The Morgan fingerprint density at radius 3 is 2.58 bits per heavy atom. The number of piperazine rings is 1. The number of rotatable bonds is 4. The highest BCUT2D eigenvalue weighted by molar-refractivity contribution is 5.82. The number of carbonyl (C=O) groups is 1. The van der Waals surface area contributed by atoms with Crippen LogP contribution in [0.15, 0.2) is 0 Å². The molecule has 0 bridgehead atoms. The molecule has 0 spiro atoms. The Balaban J connectivity index is 1.49. The van der Waals surface area contributed by atoms with Gasteiger partial charge in [0, 0.05) is 39.3 Å². The molecule has 5 atom stereocenters. The van der Waals surface area contributed by atoms with Gasteiger partial charge in [-0.05, 0) is 37.0 Å². The Labute approximate surface area is 145 Å². The Morgan fingerprint density at radius 1 is 1.17 bits per heavy atom. The zero-order valence-corrected chi connectivity index (χ0v) is 15.1. The molecule has 0 radical (unpaired) electrons. The van der Waals surface area contributed by atoms with Crippen molar-refractivity contribution in [1.82, 2.24) is 20.7 Å². The van der Waals surface area contributed by atoms with Crippen LogP contribution in [-0.4, -0.2) is 67.2 Å². The molecule has 2 N–H and O–H groups in total. The molecule has 0 aromatic rings. The second-order valence-electron chi connectivity index (χ2n) is 7.97. The molecule has 3 rings (SSSR count). The first kappa shape index (κ1) is 18.1. The monoisotopic (exact) mass is 340 g/mol. The number of halogens is 1. The largest absolute Gasteiger partial charge is 0.301 e. The predicted molar refractivity (Wildman–Crippen MR) is 93.1 cm³/mol. The standard InChI is InChI=1S/C18H33FN4O/c1-3-14-11-20-21-18(24)17(14)23-8-6-22(7-9-23)12-15-4-5-16(19)10-13(15)2/h13-17,20H,3-12H2,1-2H3,(H,21,24). The Morgan fingerprint density at radius 2 is 1.92 bits per heavy atom. The van der Waals surface area contributed by atoms with Crippen LogP contribution in [0.2, 0.25) is 0 Å². The Hall–Kier alpha value is -0.720. The van der Waals surface area contributed by atoms with Crippen LogP contribution in [-0.2, 0) is 4.79 Å². The summed E-state index contributed by atoms with van der Waals surface area (Å²) in [5.41, 5.74) is 5.81. The van der Waals surface area contributed by atoms with Crippen molar-refractivity contribution in [1.29, 1.82) is 0 Å². The van der Waals surface area contributed by atoms with E-state index in [9.17, 15) is 9.18 Å². The molecular formula is C18H33FN4O. The maximum Gasteiger partial charge on any atom is 0.251 e. The molecule has 138 valence electrons. The van der Waals surface area contributed by atoms with Gasteiger partial charge >= 0.3 is 0 Å². The van der Waals surface area contributed by atoms with Crippen molar-refractivity contribution >= 4 is 5.91 Å². The molecule has 3 aliphatic rings. The van der Waals surface area contributed by atoms with Crippen molar-refractivity contribution in [2.45, 2.75) is 51.7 Å². The smallest absolute Gasteiger partial charge is 0.251 e. The van der Waals surface area contributed by atoms with Crippen LogP contribution in [0.1, 0.15) is 39.5 Å². The normalized spacial score (nSPS) is 39.6. The van der Waals surface area contributed by atoms with E-state index in [0.29, 0.717) is 17.8 Å². The SMILES string of the molecule is CCC1CNNC(=O)C1N1CCN(CC2CCC(F)CC2C)CC1. The predicted octanol–water partition coefficient (Wildman–Crippen LogP) is 1.41. The van der Waals surface area contributed by atoms with Gasteiger partial charge in [0.25, 0.3) is 5.91 Å². The fourth-order valence-electron chi connectivity index (χ4n) is 4.72. The van der Waals surface area contributed by atoms with Crippen LogP contribution in [0.3, 0.4) is 0 Å². The number of alkyl halides is 1. The van der Waals surface area contributed by atoms with Gasteiger partial charge in [0.05, 0.1) is 6.04 Å². The minimum Gasteiger partial charge on any atom is -0.301 e. The van der Waals surface area contributed by atoms with Crippen LogP contribution >= 0.6 is 0 Å². The molecule has 2 aliphatic heterocycles. The number of hydrogen-bond donors (Lipinski definition) is 2. The van der Waals surface area contributed by atoms with Crippen LogP contribution in [0.5, 0.6) is 0 Å². The Bertz CT molecular complexity index is 427. The third-order valence-electron chi connectivity index (χ3n) is 6.39. The van der Waals surface area contributed by atoms with E-state index in [1.165, 1.54) is 0 Å². The summed E-state index contributed by atoms with van der Waals surface area (Å²) in [4.78, 5) is 17.2. The van der Waals surface area contributed by atoms with Gasteiger partial charge in [-0.2, -0.15) is 0 Å². The minimum absolute atomic E-state index is 0.0132. The molecule has 1 amide bonds. The summed E-state index contributed by atoms with van der Waals surface area (Å²) in [5.74, 6) is 1.64. The molecule has 0 aromatic heterocycles. The first-order valence-electron chi connectivity index (χ1n) is 9.71. The van der Waals surface area contributed by atoms with E-state index in [-0.39, 0.29) is 11.9 Å². The van der Waals surface area contributed by atoms with Gasteiger partial charge in [-0.15, -0.1) is 0 Å². The number of nitrogens with zero attached hydrogens (tertiary/aromatic N) is 2. The van der Waals surface area contributed by atoms with Crippen molar-refractivity contribution in [2.24, 2.45) is 17.8 Å². The molecule has 1 saturated carbocycles. The van der Waals surface area contributed by atoms with Gasteiger partial charge < -0.3 is 4.90 Å². The van der Waals surface area contributed by atoms with Gasteiger partial charge in [0.1, 0.15) is 6.17 Å². The van der Waals surface area contributed by atoms with Crippen molar-refractivity contribution in [3.8, 4) is 0 Å². The quantitative estimate of drug-likeness (QED) is 0.812. The minimum atomic E-state index is -0.586. The van der Waals surface area contributed by atoms with Crippen molar-refractivity contribution in [2.75, 3.05) is 39.3 Å². The van der Waals surface area contributed by atoms with Crippen LogP contribution in [0, 0.1) is 17.8 Å². The van der Waals surface area contributed by atoms with E-state index < -0.39 is 6.17 Å². The zero-order valence-electron chi connectivity index (χ0n) is 15.1. The average molecular weight is 340 g/mol. The highest BCUT2D eigenvalue weighted by Gasteiger charge is 2.37. The first-order chi connectivity index (χ1) is 11.6. The number of amides is 1. The molecular weight excluding hydrogens is 307 g/mol. The second kappa shape index (κ2) is 8.11. The van der Waals surface area contributed by atoms with E-state index in [1.54, 1.807) is 0 Å². The summed E-state index contributed by atoms with van der Waals surface area (Å²) < 4.78 is 13.5. The lowest BCUT2D eigenvalue weighted by atomic mass is 9.79. The summed E-state index contributed by atoms with van der Waals surface area (Å²) in [6.07, 6.45) is 2.94. The highest BCUT2D eigenvalue weighted by atomic mass is 19.1. The lowest BCUT2D eigenvalue weighted by Crippen LogP contribution is -2.64. The molecule has 5 unspecified atom stereocenters. The van der Waals surface area contributed by atoms with Gasteiger partial charge in [-0.25, -0.2) is 9.82 Å². The average Bonchev–Trinajstić information content (AvgIpc) is 2.58. The van der Waals surface area contributed by atoms with E-state index in [4.69, 9.17) is 0 Å². The molecule has 3 fully saturated rings. The number of nitrogens with one attached hydrogen (secondary N) is 2. The molecule has 5 nitrogen and oxygen atoms in total. The third kappa shape index (κ3) is 4.09. The number of hydrazine groups is 1. The molecule has 2 heterocycles. The summed E-state index contributed by atoms with van der Waals surface area (Å²) in [7, 11) is 0. The lowest BCUT2D eigenvalue weighted by molar-refractivity contribution is -0.133. The van der Waals surface area contributed by atoms with Crippen LogP contribution in [0.4, 0.5) is 4.39 Å². The van der Waals surface area contributed by atoms with Crippen LogP contribution < -0.4 is 10.9 Å². The van der Waals surface area contributed by atoms with Gasteiger partial charge in [0.2, 0.25) is 0 Å².